The van der Waals surface area contributed by atoms with Gasteiger partial charge in [0.1, 0.15) is 5.75 Å². The van der Waals surface area contributed by atoms with Crippen molar-refractivity contribution in [3.8, 4) is 28.6 Å². The molecule has 4 aromatic rings. The third kappa shape index (κ3) is 4.18. The highest BCUT2D eigenvalue weighted by atomic mass is 19.1. The van der Waals surface area contributed by atoms with E-state index in [0.29, 0.717) is 29.6 Å². The molecule has 2 aromatic heterocycles. The van der Waals surface area contributed by atoms with Gasteiger partial charge in [-0.3, -0.25) is 4.79 Å². The highest BCUT2D eigenvalue weighted by Crippen LogP contribution is 2.34. The maximum atomic E-state index is 14.1. The standard InChI is InChI=1S/C26H24FN3O3/c1-15-10-18(6-8-20(15)23(31)12-17-4-5-17)22-14-28-26-16(2)11-25(29-30(22)26)33-19-7-9-24(32-3)21(27)13-19/h6-11,13-14,17H,4-5,12H2,1-3H3. The quantitative estimate of drug-likeness (QED) is 0.330. The van der Waals surface area contributed by atoms with Crippen LogP contribution in [-0.2, 0) is 0 Å². The predicted molar refractivity (Wildman–Crippen MR) is 123 cm³/mol. The third-order valence-electron chi connectivity index (χ3n) is 5.97. The van der Waals surface area contributed by atoms with E-state index in [9.17, 15) is 9.18 Å². The number of fused-ring (bicyclic) bond motifs is 1. The molecule has 0 aliphatic heterocycles. The molecule has 0 atom stereocenters. The van der Waals surface area contributed by atoms with Crippen molar-refractivity contribution >= 4 is 11.4 Å². The lowest BCUT2D eigenvalue weighted by atomic mass is 9.98. The normalized spacial score (nSPS) is 13.3. The van der Waals surface area contributed by atoms with Crippen molar-refractivity contribution in [2.24, 2.45) is 5.92 Å². The Morgan fingerprint density at radius 3 is 2.64 bits per heavy atom. The largest absolute Gasteiger partial charge is 0.494 e. The molecule has 6 nitrogen and oxygen atoms in total. The first-order chi connectivity index (χ1) is 15.9. The average Bonchev–Trinajstić information content (AvgIpc) is 3.49. The molecule has 0 amide bonds. The van der Waals surface area contributed by atoms with Crippen LogP contribution < -0.4 is 9.47 Å². The summed E-state index contributed by atoms with van der Waals surface area (Å²) in [6, 6.07) is 12.0. The van der Waals surface area contributed by atoms with Crippen molar-refractivity contribution in [3.63, 3.8) is 0 Å². The minimum Gasteiger partial charge on any atom is -0.494 e. The second kappa shape index (κ2) is 8.31. The molecule has 1 saturated carbocycles. The topological polar surface area (TPSA) is 65.7 Å². The fraction of sp³-hybridized carbons (Fsp3) is 0.269. The second-order valence-electron chi connectivity index (χ2n) is 8.54. The number of carbonyl (C=O) groups excluding carboxylic acids is 1. The van der Waals surface area contributed by atoms with Gasteiger partial charge in [0.2, 0.25) is 5.88 Å². The molecule has 0 bridgehead atoms. The molecule has 1 aliphatic rings. The van der Waals surface area contributed by atoms with Crippen LogP contribution in [0.2, 0.25) is 0 Å². The van der Waals surface area contributed by atoms with Crippen molar-refractivity contribution < 1.29 is 18.7 Å². The van der Waals surface area contributed by atoms with Gasteiger partial charge in [-0.1, -0.05) is 12.1 Å². The number of methoxy groups -OCH3 is 1. The summed E-state index contributed by atoms with van der Waals surface area (Å²) in [5.41, 5.74) is 4.96. The average molecular weight is 445 g/mol. The van der Waals surface area contributed by atoms with Gasteiger partial charge in [0.25, 0.3) is 0 Å². The Balaban J connectivity index is 1.48. The summed E-state index contributed by atoms with van der Waals surface area (Å²) in [6.07, 6.45) is 4.70. The van der Waals surface area contributed by atoms with Crippen LogP contribution >= 0.6 is 0 Å². The molecule has 0 N–H and O–H groups in total. The lowest BCUT2D eigenvalue weighted by Crippen LogP contribution is -2.03. The molecule has 2 heterocycles. The summed E-state index contributed by atoms with van der Waals surface area (Å²) in [4.78, 5) is 17.1. The number of halogens is 1. The van der Waals surface area contributed by atoms with E-state index in [0.717, 1.165) is 40.8 Å². The van der Waals surface area contributed by atoms with E-state index < -0.39 is 5.82 Å². The van der Waals surface area contributed by atoms with Crippen LogP contribution in [0.25, 0.3) is 16.9 Å². The van der Waals surface area contributed by atoms with Gasteiger partial charge in [-0.25, -0.2) is 13.9 Å². The van der Waals surface area contributed by atoms with Gasteiger partial charge in [0, 0.05) is 29.7 Å². The second-order valence-corrected chi connectivity index (χ2v) is 8.54. The Morgan fingerprint density at radius 1 is 1.12 bits per heavy atom. The lowest BCUT2D eigenvalue weighted by Gasteiger charge is -2.10. The summed E-state index contributed by atoms with van der Waals surface area (Å²) in [7, 11) is 1.41. The van der Waals surface area contributed by atoms with Gasteiger partial charge >= 0.3 is 0 Å². The SMILES string of the molecule is COc1ccc(Oc2cc(C)c3ncc(-c4ccc(C(=O)CC5CC5)c(C)c4)n3n2)cc1F. The zero-order chi connectivity index (χ0) is 23.1. The third-order valence-corrected chi connectivity index (χ3v) is 5.97. The van der Waals surface area contributed by atoms with Crippen molar-refractivity contribution in [2.45, 2.75) is 33.1 Å². The molecule has 5 rings (SSSR count). The van der Waals surface area contributed by atoms with Gasteiger partial charge in [0.15, 0.2) is 23.0 Å². The van der Waals surface area contributed by atoms with Crippen LogP contribution in [0.5, 0.6) is 17.4 Å². The van der Waals surface area contributed by atoms with Crippen LogP contribution in [-0.4, -0.2) is 27.5 Å². The number of hydrogen-bond acceptors (Lipinski definition) is 5. The fourth-order valence-electron chi connectivity index (χ4n) is 4.00. The number of carbonyl (C=O) groups is 1. The Morgan fingerprint density at radius 2 is 1.94 bits per heavy atom. The number of nitrogens with zero attached hydrogens (tertiary/aromatic N) is 3. The number of aryl methyl sites for hydroxylation is 2. The summed E-state index contributed by atoms with van der Waals surface area (Å²) in [5.74, 6) is 1.03. The maximum Gasteiger partial charge on any atom is 0.237 e. The molecule has 1 aliphatic carbocycles. The Labute approximate surface area is 191 Å². The van der Waals surface area contributed by atoms with Crippen LogP contribution in [0.15, 0.2) is 48.7 Å². The molecule has 1 fully saturated rings. The van der Waals surface area contributed by atoms with Gasteiger partial charge in [0.05, 0.1) is 19.0 Å². The van der Waals surface area contributed by atoms with Gasteiger partial charge < -0.3 is 9.47 Å². The number of imidazole rings is 1. The lowest BCUT2D eigenvalue weighted by molar-refractivity contribution is 0.0975. The van der Waals surface area contributed by atoms with E-state index >= 15 is 0 Å². The molecule has 33 heavy (non-hydrogen) atoms. The zero-order valence-corrected chi connectivity index (χ0v) is 18.8. The van der Waals surface area contributed by atoms with Crippen molar-refractivity contribution in [1.82, 2.24) is 14.6 Å². The van der Waals surface area contributed by atoms with E-state index in [-0.39, 0.29) is 11.5 Å². The van der Waals surface area contributed by atoms with Gasteiger partial charge in [-0.05, 0) is 61.9 Å². The highest BCUT2D eigenvalue weighted by molar-refractivity contribution is 5.98. The zero-order valence-electron chi connectivity index (χ0n) is 18.8. The first-order valence-corrected chi connectivity index (χ1v) is 10.9. The maximum absolute atomic E-state index is 14.1. The highest BCUT2D eigenvalue weighted by Gasteiger charge is 2.25. The predicted octanol–water partition coefficient (Wildman–Crippen LogP) is 5.94. The number of aromatic nitrogens is 3. The summed E-state index contributed by atoms with van der Waals surface area (Å²) < 4.78 is 26.6. The van der Waals surface area contributed by atoms with E-state index in [2.05, 4.69) is 10.1 Å². The molecule has 0 unspecified atom stereocenters. The van der Waals surface area contributed by atoms with E-state index in [4.69, 9.17) is 9.47 Å². The molecule has 0 radical (unpaired) electrons. The number of rotatable bonds is 7. The number of ether oxygens (including phenoxy) is 2. The molecule has 2 aromatic carbocycles. The van der Waals surface area contributed by atoms with E-state index in [1.807, 2.05) is 32.0 Å². The number of ketones is 1. The van der Waals surface area contributed by atoms with Crippen LogP contribution in [0, 0.1) is 25.6 Å². The Hall–Kier alpha value is -3.74. The minimum atomic E-state index is -0.511. The van der Waals surface area contributed by atoms with Gasteiger partial charge in [-0.2, -0.15) is 0 Å². The molecule has 0 saturated heterocycles. The van der Waals surface area contributed by atoms with Crippen LogP contribution in [0.4, 0.5) is 4.39 Å². The molecule has 7 heteroatoms. The van der Waals surface area contributed by atoms with E-state index in [1.165, 1.54) is 19.2 Å². The van der Waals surface area contributed by atoms with Gasteiger partial charge in [-0.15, -0.1) is 5.10 Å². The van der Waals surface area contributed by atoms with Crippen molar-refractivity contribution in [2.75, 3.05) is 7.11 Å². The molecule has 168 valence electrons. The Kier molecular flexibility index (Phi) is 5.32. The first-order valence-electron chi connectivity index (χ1n) is 10.9. The first kappa shape index (κ1) is 21.1. The fourth-order valence-corrected chi connectivity index (χ4v) is 4.00. The van der Waals surface area contributed by atoms with Crippen LogP contribution in [0.1, 0.15) is 40.7 Å². The number of benzene rings is 2. The molecular weight excluding hydrogens is 421 g/mol. The monoisotopic (exact) mass is 445 g/mol. The summed E-state index contributed by atoms with van der Waals surface area (Å²) in [6.45, 7) is 3.87. The summed E-state index contributed by atoms with van der Waals surface area (Å²) in [5, 5.41) is 4.59. The smallest absolute Gasteiger partial charge is 0.237 e. The van der Waals surface area contributed by atoms with Crippen LogP contribution in [0.3, 0.4) is 0 Å². The van der Waals surface area contributed by atoms with Crippen molar-refractivity contribution in [1.29, 1.82) is 0 Å². The molecular formula is C26H24FN3O3. The Bertz CT molecular complexity index is 1370. The number of hydrogen-bond donors (Lipinski definition) is 0. The number of Topliss-reactive ketones (excluding diaryl/α,β-unsaturated/α-hetero) is 1. The van der Waals surface area contributed by atoms with E-state index in [1.54, 1.807) is 22.8 Å². The molecule has 0 spiro atoms. The summed E-state index contributed by atoms with van der Waals surface area (Å²) >= 11 is 0. The minimum absolute atomic E-state index is 0.147. The van der Waals surface area contributed by atoms with Crippen molar-refractivity contribution in [3.05, 3.63) is 71.2 Å².